The Kier molecular flexibility index (Phi) is 2.92. The highest BCUT2D eigenvalue weighted by atomic mass is 14.3. The van der Waals surface area contributed by atoms with Crippen molar-refractivity contribution in [3.05, 3.63) is 24.8 Å². The molecule has 1 saturated carbocycles. The molecule has 11 heavy (non-hydrogen) atoms. The van der Waals surface area contributed by atoms with Crippen LogP contribution in [0.1, 0.15) is 32.6 Å². The van der Waals surface area contributed by atoms with E-state index in [0.29, 0.717) is 5.92 Å². The first-order valence-electron chi connectivity index (χ1n) is 4.56. The fraction of sp³-hybridized carbons (Fsp3) is 0.636. The third kappa shape index (κ3) is 1.95. The van der Waals surface area contributed by atoms with Crippen LogP contribution in [0.2, 0.25) is 0 Å². The molecule has 0 unspecified atom stereocenters. The predicted molar refractivity (Wildman–Crippen MR) is 50.5 cm³/mol. The van der Waals surface area contributed by atoms with Crippen LogP contribution in [0.3, 0.4) is 0 Å². The molecule has 0 heteroatoms. The Bertz CT molecular complexity index is 155. The minimum Gasteiger partial charge on any atom is -0.103 e. The minimum atomic E-state index is 0.628. The summed E-state index contributed by atoms with van der Waals surface area (Å²) in [6, 6.07) is 0. The second-order valence-electron chi connectivity index (χ2n) is 3.61. The Balaban J connectivity index is 2.53. The topological polar surface area (TPSA) is 0 Å². The Morgan fingerprint density at radius 1 is 1.55 bits per heavy atom. The van der Waals surface area contributed by atoms with E-state index in [0.717, 1.165) is 5.92 Å². The number of allylic oxidation sites excluding steroid dienone is 2. The molecule has 0 aromatic rings. The van der Waals surface area contributed by atoms with Gasteiger partial charge in [-0.05, 0) is 31.1 Å². The molecule has 0 spiro atoms. The Morgan fingerprint density at radius 2 is 2.27 bits per heavy atom. The van der Waals surface area contributed by atoms with Crippen molar-refractivity contribution in [2.24, 2.45) is 11.8 Å². The van der Waals surface area contributed by atoms with E-state index in [9.17, 15) is 0 Å². The number of rotatable bonds is 2. The predicted octanol–water partition coefficient (Wildman–Crippen LogP) is 3.55. The Labute approximate surface area is 70.0 Å². The van der Waals surface area contributed by atoms with Crippen molar-refractivity contribution in [2.75, 3.05) is 0 Å². The SMILES string of the molecule is C=C[C@H](C)[C@@H]1CCCCC1=C. The van der Waals surface area contributed by atoms with Gasteiger partial charge in [0.05, 0.1) is 0 Å². The maximum Gasteiger partial charge on any atom is -0.0146 e. The van der Waals surface area contributed by atoms with Gasteiger partial charge in [-0.25, -0.2) is 0 Å². The second-order valence-corrected chi connectivity index (χ2v) is 3.61. The van der Waals surface area contributed by atoms with E-state index in [1.807, 2.05) is 0 Å². The summed E-state index contributed by atoms with van der Waals surface area (Å²) >= 11 is 0. The van der Waals surface area contributed by atoms with E-state index in [4.69, 9.17) is 0 Å². The molecular weight excluding hydrogens is 132 g/mol. The van der Waals surface area contributed by atoms with Crippen molar-refractivity contribution in [1.82, 2.24) is 0 Å². The van der Waals surface area contributed by atoms with Crippen molar-refractivity contribution in [3.8, 4) is 0 Å². The normalized spacial score (nSPS) is 28.1. The van der Waals surface area contributed by atoms with Crippen molar-refractivity contribution in [1.29, 1.82) is 0 Å². The van der Waals surface area contributed by atoms with E-state index in [2.05, 4.69) is 26.2 Å². The van der Waals surface area contributed by atoms with Crippen LogP contribution in [0.25, 0.3) is 0 Å². The fourth-order valence-electron chi connectivity index (χ4n) is 1.90. The van der Waals surface area contributed by atoms with E-state index in [-0.39, 0.29) is 0 Å². The molecule has 1 aliphatic carbocycles. The maximum absolute atomic E-state index is 4.12. The summed E-state index contributed by atoms with van der Waals surface area (Å²) in [4.78, 5) is 0. The van der Waals surface area contributed by atoms with Crippen molar-refractivity contribution in [3.63, 3.8) is 0 Å². The first-order chi connectivity index (χ1) is 5.25. The van der Waals surface area contributed by atoms with Gasteiger partial charge in [0.25, 0.3) is 0 Å². The zero-order valence-electron chi connectivity index (χ0n) is 7.47. The summed E-state index contributed by atoms with van der Waals surface area (Å²) in [5.41, 5.74) is 1.45. The molecule has 0 radical (unpaired) electrons. The molecule has 1 aliphatic rings. The van der Waals surface area contributed by atoms with Crippen LogP contribution in [-0.4, -0.2) is 0 Å². The summed E-state index contributed by atoms with van der Waals surface area (Å²) in [6.07, 6.45) is 7.34. The van der Waals surface area contributed by atoms with E-state index in [1.54, 1.807) is 0 Å². The Hall–Kier alpha value is -0.520. The van der Waals surface area contributed by atoms with Crippen LogP contribution in [0, 0.1) is 11.8 Å². The highest BCUT2D eigenvalue weighted by Crippen LogP contribution is 2.33. The summed E-state index contributed by atoms with van der Waals surface area (Å²) in [5, 5.41) is 0. The van der Waals surface area contributed by atoms with Crippen LogP contribution in [-0.2, 0) is 0 Å². The van der Waals surface area contributed by atoms with Crippen LogP contribution in [0.5, 0.6) is 0 Å². The van der Waals surface area contributed by atoms with Crippen LogP contribution < -0.4 is 0 Å². The lowest BCUT2D eigenvalue weighted by atomic mass is 9.78. The third-order valence-electron chi connectivity index (χ3n) is 2.79. The van der Waals surface area contributed by atoms with Crippen LogP contribution in [0.15, 0.2) is 24.8 Å². The summed E-state index contributed by atoms with van der Waals surface area (Å²) < 4.78 is 0. The summed E-state index contributed by atoms with van der Waals surface area (Å²) in [5.74, 6) is 1.35. The van der Waals surface area contributed by atoms with Crippen molar-refractivity contribution >= 4 is 0 Å². The largest absolute Gasteiger partial charge is 0.103 e. The van der Waals surface area contributed by atoms with Gasteiger partial charge in [-0.15, -0.1) is 6.58 Å². The van der Waals surface area contributed by atoms with Gasteiger partial charge in [0.1, 0.15) is 0 Å². The van der Waals surface area contributed by atoms with Gasteiger partial charge in [0, 0.05) is 0 Å². The van der Waals surface area contributed by atoms with E-state index < -0.39 is 0 Å². The number of hydrogen-bond acceptors (Lipinski definition) is 0. The Morgan fingerprint density at radius 3 is 2.82 bits per heavy atom. The second kappa shape index (κ2) is 3.75. The maximum atomic E-state index is 4.12. The molecular formula is C11H18. The van der Waals surface area contributed by atoms with Gasteiger partial charge in [0.2, 0.25) is 0 Å². The highest BCUT2D eigenvalue weighted by Gasteiger charge is 2.20. The number of hydrogen-bond donors (Lipinski definition) is 0. The standard InChI is InChI=1S/C11H18/c1-4-9(2)11-8-6-5-7-10(11)3/h4,9,11H,1,3,5-8H2,2H3/t9-,11-/m0/s1. The molecule has 0 saturated heterocycles. The van der Waals surface area contributed by atoms with E-state index >= 15 is 0 Å². The highest BCUT2D eigenvalue weighted by molar-refractivity contribution is 5.07. The molecule has 62 valence electrons. The first kappa shape index (κ1) is 8.58. The summed E-state index contributed by atoms with van der Waals surface area (Å²) in [7, 11) is 0. The van der Waals surface area contributed by atoms with Gasteiger partial charge < -0.3 is 0 Å². The lowest BCUT2D eigenvalue weighted by Gasteiger charge is -2.27. The van der Waals surface area contributed by atoms with Gasteiger partial charge in [0.15, 0.2) is 0 Å². The average molecular weight is 150 g/mol. The van der Waals surface area contributed by atoms with Crippen molar-refractivity contribution in [2.45, 2.75) is 32.6 Å². The molecule has 0 aromatic heterocycles. The van der Waals surface area contributed by atoms with Gasteiger partial charge in [-0.2, -0.15) is 0 Å². The molecule has 0 aliphatic heterocycles. The fourth-order valence-corrected chi connectivity index (χ4v) is 1.90. The lowest BCUT2D eigenvalue weighted by molar-refractivity contribution is 0.384. The van der Waals surface area contributed by atoms with Gasteiger partial charge in [-0.3, -0.25) is 0 Å². The van der Waals surface area contributed by atoms with Crippen molar-refractivity contribution < 1.29 is 0 Å². The van der Waals surface area contributed by atoms with E-state index in [1.165, 1.54) is 31.3 Å². The van der Waals surface area contributed by atoms with Gasteiger partial charge in [-0.1, -0.05) is 31.6 Å². The zero-order valence-corrected chi connectivity index (χ0v) is 7.47. The molecule has 0 heterocycles. The monoisotopic (exact) mass is 150 g/mol. The molecule has 0 amide bonds. The third-order valence-corrected chi connectivity index (χ3v) is 2.79. The molecule has 0 nitrogen and oxygen atoms in total. The first-order valence-corrected chi connectivity index (χ1v) is 4.56. The molecule has 0 N–H and O–H groups in total. The average Bonchev–Trinajstić information content (AvgIpc) is 2.04. The quantitative estimate of drug-likeness (QED) is 0.528. The smallest absolute Gasteiger partial charge is 0.0146 e. The molecule has 0 bridgehead atoms. The van der Waals surface area contributed by atoms with Crippen LogP contribution in [0.4, 0.5) is 0 Å². The molecule has 2 atom stereocenters. The zero-order chi connectivity index (χ0) is 8.27. The van der Waals surface area contributed by atoms with Gasteiger partial charge >= 0.3 is 0 Å². The molecule has 0 aromatic carbocycles. The molecule has 1 rings (SSSR count). The van der Waals surface area contributed by atoms with Crippen LogP contribution >= 0.6 is 0 Å². The molecule has 1 fully saturated rings. The summed E-state index contributed by atoms with van der Waals surface area (Å²) in [6.45, 7) is 10.2. The minimum absolute atomic E-state index is 0.628. The lowest BCUT2D eigenvalue weighted by Crippen LogP contribution is -2.15.